The van der Waals surface area contributed by atoms with Crippen molar-refractivity contribution >= 4 is 38.4 Å². The highest BCUT2D eigenvalue weighted by molar-refractivity contribution is 7.18. The van der Waals surface area contributed by atoms with Crippen LogP contribution in [0.1, 0.15) is 21.7 Å². The van der Waals surface area contributed by atoms with E-state index in [4.69, 9.17) is 4.42 Å². The number of likely N-dealkylation sites (N-methyl/N-ethyl adjacent to an activating group) is 1. The van der Waals surface area contributed by atoms with Crippen LogP contribution in [0.3, 0.4) is 0 Å². The molecule has 4 aromatic rings. The Balaban J connectivity index is 1.51. The van der Waals surface area contributed by atoms with Crippen molar-refractivity contribution in [3.05, 3.63) is 64.4 Å². The van der Waals surface area contributed by atoms with E-state index in [-0.39, 0.29) is 5.91 Å². The molecule has 0 fully saturated rings. The van der Waals surface area contributed by atoms with E-state index in [0.29, 0.717) is 13.0 Å². The summed E-state index contributed by atoms with van der Waals surface area (Å²) in [5, 5.41) is 1.97. The number of carbonyl (C=O) groups excluding carboxylic acids is 1. The first-order chi connectivity index (χ1) is 12.5. The maximum absolute atomic E-state index is 12.7. The Kier molecular flexibility index (Phi) is 4.24. The molecule has 26 heavy (non-hydrogen) atoms. The lowest BCUT2D eigenvalue weighted by Crippen LogP contribution is -2.27. The fraction of sp³-hybridized carbons (Fsp3) is 0.238. The molecule has 0 bridgehead atoms. The fourth-order valence-corrected chi connectivity index (χ4v) is 4.12. The quantitative estimate of drug-likeness (QED) is 0.519. The minimum absolute atomic E-state index is 0.0604. The normalized spacial score (nSPS) is 11.3. The molecule has 0 aliphatic carbocycles. The van der Waals surface area contributed by atoms with Gasteiger partial charge in [0, 0.05) is 18.0 Å². The molecule has 0 aliphatic rings. The Hall–Kier alpha value is -2.66. The van der Waals surface area contributed by atoms with E-state index < -0.39 is 0 Å². The summed E-state index contributed by atoms with van der Waals surface area (Å²) >= 11 is 1.63. The van der Waals surface area contributed by atoms with Crippen molar-refractivity contribution in [2.24, 2.45) is 0 Å². The van der Waals surface area contributed by atoms with Crippen molar-refractivity contribution in [3.63, 3.8) is 0 Å². The average molecular weight is 364 g/mol. The van der Waals surface area contributed by atoms with Crippen LogP contribution in [0.5, 0.6) is 0 Å². The third-order valence-electron chi connectivity index (χ3n) is 4.82. The van der Waals surface area contributed by atoms with Gasteiger partial charge in [-0.15, -0.1) is 11.3 Å². The topological polar surface area (TPSA) is 46.3 Å². The molecule has 1 amide bonds. The third-order valence-corrected chi connectivity index (χ3v) is 5.84. The lowest BCUT2D eigenvalue weighted by Gasteiger charge is -2.15. The highest BCUT2D eigenvalue weighted by atomic mass is 32.1. The fourth-order valence-electron chi connectivity index (χ4n) is 3.10. The summed E-state index contributed by atoms with van der Waals surface area (Å²) in [5.41, 5.74) is 5.12. The molecular weight excluding hydrogens is 344 g/mol. The van der Waals surface area contributed by atoms with Gasteiger partial charge in [0.2, 0.25) is 5.91 Å². The molecule has 4 nitrogen and oxygen atoms in total. The molecular formula is C21H20N2O2S. The first kappa shape index (κ1) is 16.8. The van der Waals surface area contributed by atoms with Crippen LogP contribution < -0.4 is 0 Å². The number of benzene rings is 2. The van der Waals surface area contributed by atoms with Crippen LogP contribution in [0.25, 0.3) is 21.2 Å². The predicted octanol–water partition coefficient (Wildman–Crippen LogP) is 4.86. The van der Waals surface area contributed by atoms with Gasteiger partial charge in [-0.25, -0.2) is 4.98 Å². The standard InChI is InChI=1S/C21H20N2O2S/c1-13-8-9-16-15(12-25-21(16)14(13)2)10-20(24)23(3)11-19-22-17-6-4-5-7-18(17)26-19/h4-9,12H,10-11H2,1-3H3. The van der Waals surface area contributed by atoms with Crippen molar-refractivity contribution in [2.45, 2.75) is 26.8 Å². The maximum atomic E-state index is 12.7. The van der Waals surface area contributed by atoms with E-state index >= 15 is 0 Å². The second-order valence-electron chi connectivity index (χ2n) is 6.65. The molecule has 0 spiro atoms. The number of amides is 1. The number of carbonyl (C=O) groups is 1. The van der Waals surface area contributed by atoms with Crippen LogP contribution in [0, 0.1) is 13.8 Å². The van der Waals surface area contributed by atoms with E-state index in [1.165, 1.54) is 5.56 Å². The second-order valence-corrected chi connectivity index (χ2v) is 7.76. The Labute approximate surface area is 156 Å². The molecule has 2 aromatic carbocycles. The van der Waals surface area contributed by atoms with Crippen LogP contribution in [0.2, 0.25) is 0 Å². The second kappa shape index (κ2) is 6.57. The molecule has 0 radical (unpaired) electrons. The van der Waals surface area contributed by atoms with Crippen LogP contribution in [0.4, 0.5) is 0 Å². The Morgan fingerprint density at radius 1 is 1.19 bits per heavy atom. The lowest BCUT2D eigenvalue weighted by molar-refractivity contribution is -0.129. The van der Waals surface area contributed by atoms with E-state index in [1.807, 2.05) is 38.2 Å². The van der Waals surface area contributed by atoms with Crippen molar-refractivity contribution in [1.29, 1.82) is 0 Å². The summed E-state index contributed by atoms with van der Waals surface area (Å²) in [6.45, 7) is 4.63. The van der Waals surface area contributed by atoms with Gasteiger partial charge in [-0.1, -0.05) is 24.3 Å². The highest BCUT2D eigenvalue weighted by Crippen LogP contribution is 2.27. The van der Waals surface area contributed by atoms with Gasteiger partial charge in [0.05, 0.1) is 29.4 Å². The molecule has 5 heteroatoms. The number of aromatic nitrogens is 1. The van der Waals surface area contributed by atoms with Crippen molar-refractivity contribution in [3.8, 4) is 0 Å². The number of rotatable bonds is 4. The first-order valence-corrected chi connectivity index (χ1v) is 9.39. The SMILES string of the molecule is Cc1ccc2c(CC(=O)N(C)Cc3nc4ccccc4s3)coc2c1C. The van der Waals surface area contributed by atoms with Crippen molar-refractivity contribution < 1.29 is 9.21 Å². The van der Waals surface area contributed by atoms with Crippen LogP contribution >= 0.6 is 11.3 Å². The molecule has 0 aliphatic heterocycles. The zero-order valence-electron chi connectivity index (χ0n) is 15.1. The number of furan rings is 1. The smallest absolute Gasteiger partial charge is 0.227 e. The molecule has 0 saturated heterocycles. The van der Waals surface area contributed by atoms with E-state index in [9.17, 15) is 4.79 Å². The number of nitrogens with zero attached hydrogens (tertiary/aromatic N) is 2. The monoisotopic (exact) mass is 364 g/mol. The Morgan fingerprint density at radius 3 is 2.81 bits per heavy atom. The number of aryl methyl sites for hydroxylation is 2. The van der Waals surface area contributed by atoms with E-state index in [1.54, 1.807) is 22.5 Å². The molecule has 2 heterocycles. The zero-order chi connectivity index (χ0) is 18.3. The largest absolute Gasteiger partial charge is 0.464 e. The highest BCUT2D eigenvalue weighted by Gasteiger charge is 2.17. The molecule has 0 atom stereocenters. The maximum Gasteiger partial charge on any atom is 0.227 e. The van der Waals surface area contributed by atoms with Gasteiger partial charge in [-0.3, -0.25) is 4.79 Å². The Morgan fingerprint density at radius 2 is 2.00 bits per heavy atom. The predicted molar refractivity (Wildman–Crippen MR) is 105 cm³/mol. The summed E-state index contributed by atoms with van der Waals surface area (Å²) in [6, 6.07) is 12.2. The zero-order valence-corrected chi connectivity index (χ0v) is 15.9. The summed E-state index contributed by atoms with van der Waals surface area (Å²) in [7, 11) is 1.83. The number of thiazole rings is 1. The Bertz CT molecular complexity index is 1080. The summed E-state index contributed by atoms with van der Waals surface area (Å²) < 4.78 is 6.87. The van der Waals surface area contributed by atoms with Crippen LogP contribution in [0.15, 0.2) is 47.1 Å². The third kappa shape index (κ3) is 2.99. The summed E-state index contributed by atoms with van der Waals surface area (Å²) in [6.07, 6.45) is 2.04. The number of para-hydroxylation sites is 1. The number of hydrogen-bond donors (Lipinski definition) is 0. The molecule has 2 aromatic heterocycles. The minimum atomic E-state index is 0.0604. The van der Waals surface area contributed by atoms with Gasteiger partial charge in [0.25, 0.3) is 0 Å². The molecule has 0 saturated carbocycles. The van der Waals surface area contributed by atoms with Gasteiger partial charge in [0.1, 0.15) is 10.6 Å². The molecule has 4 rings (SSSR count). The number of fused-ring (bicyclic) bond motifs is 2. The molecule has 0 N–H and O–H groups in total. The lowest BCUT2D eigenvalue weighted by atomic mass is 10.0. The van der Waals surface area contributed by atoms with E-state index in [2.05, 4.69) is 24.0 Å². The van der Waals surface area contributed by atoms with Crippen LogP contribution in [-0.4, -0.2) is 22.8 Å². The van der Waals surface area contributed by atoms with Crippen LogP contribution in [-0.2, 0) is 17.8 Å². The van der Waals surface area contributed by atoms with Gasteiger partial charge < -0.3 is 9.32 Å². The van der Waals surface area contributed by atoms with Crippen molar-refractivity contribution in [1.82, 2.24) is 9.88 Å². The van der Waals surface area contributed by atoms with Gasteiger partial charge in [-0.05, 0) is 37.1 Å². The molecule has 0 unspecified atom stereocenters. The van der Waals surface area contributed by atoms with Gasteiger partial charge in [0.15, 0.2) is 0 Å². The number of hydrogen-bond acceptors (Lipinski definition) is 4. The molecule has 132 valence electrons. The summed E-state index contributed by atoms with van der Waals surface area (Å²) in [4.78, 5) is 19.0. The van der Waals surface area contributed by atoms with E-state index in [0.717, 1.165) is 37.3 Å². The van der Waals surface area contributed by atoms with Crippen molar-refractivity contribution in [2.75, 3.05) is 7.05 Å². The average Bonchev–Trinajstić information content (AvgIpc) is 3.21. The summed E-state index contributed by atoms with van der Waals surface area (Å²) in [5.74, 6) is 0.0604. The minimum Gasteiger partial charge on any atom is -0.464 e. The van der Waals surface area contributed by atoms with Gasteiger partial charge in [-0.2, -0.15) is 0 Å². The van der Waals surface area contributed by atoms with Gasteiger partial charge >= 0.3 is 0 Å². The first-order valence-electron chi connectivity index (χ1n) is 8.57.